The second kappa shape index (κ2) is 10.3. The highest BCUT2D eigenvalue weighted by Gasteiger charge is 2.47. The molecule has 1 aromatic rings. The topological polar surface area (TPSA) is 128 Å². The Hall–Kier alpha value is -2.48. The van der Waals surface area contributed by atoms with Crippen LogP contribution in [-0.2, 0) is 19.0 Å². The van der Waals surface area contributed by atoms with Gasteiger partial charge in [0, 0.05) is 5.92 Å². The summed E-state index contributed by atoms with van der Waals surface area (Å²) in [6.07, 6.45) is 4.89. The van der Waals surface area contributed by atoms with Gasteiger partial charge in [0.25, 0.3) is 5.72 Å². The minimum atomic E-state index is -2.15. The number of carbonyl (C=O) groups is 2. The Balaban J connectivity index is 2.20. The maximum atomic E-state index is 12.7. The lowest BCUT2D eigenvalue weighted by Crippen LogP contribution is -2.56. The van der Waals surface area contributed by atoms with Crippen LogP contribution in [0.25, 0.3) is 0 Å². The molecule has 1 saturated carbocycles. The highest BCUT2D eigenvalue weighted by Crippen LogP contribution is 2.34. The zero-order valence-corrected chi connectivity index (χ0v) is 17.1. The van der Waals surface area contributed by atoms with Crippen LogP contribution in [0.5, 0.6) is 11.5 Å². The summed E-state index contributed by atoms with van der Waals surface area (Å²) < 4.78 is 15.9. The lowest BCUT2D eigenvalue weighted by atomic mass is 9.90. The fourth-order valence-corrected chi connectivity index (χ4v) is 3.33. The Labute approximate surface area is 170 Å². The molecule has 29 heavy (non-hydrogen) atoms. The van der Waals surface area contributed by atoms with Crippen molar-refractivity contribution in [3.63, 3.8) is 0 Å². The normalized spacial score (nSPS) is 18.2. The zero-order valence-electron chi connectivity index (χ0n) is 17.1. The molecule has 162 valence electrons. The molecule has 0 aromatic heterocycles. The monoisotopic (exact) mass is 409 g/mol. The van der Waals surface area contributed by atoms with E-state index in [9.17, 15) is 19.8 Å². The van der Waals surface area contributed by atoms with Crippen LogP contribution in [0.1, 0.15) is 70.3 Å². The van der Waals surface area contributed by atoms with E-state index in [0.29, 0.717) is 12.0 Å². The first-order valence-corrected chi connectivity index (χ1v) is 10.2. The third-order valence-corrected chi connectivity index (χ3v) is 5.22. The lowest BCUT2D eigenvalue weighted by molar-refractivity contribution is -0.171. The number of phenols is 2. The van der Waals surface area contributed by atoms with E-state index in [4.69, 9.17) is 19.9 Å². The van der Waals surface area contributed by atoms with Crippen molar-refractivity contribution >= 4 is 12.1 Å². The quantitative estimate of drug-likeness (QED) is 0.269. The molecule has 1 fully saturated rings. The Morgan fingerprint density at radius 2 is 1.83 bits per heavy atom. The SMILES string of the molecule is CCCOC(=O)[C@@](N)(OC(=O)OC1CCCCCC1)C(C)c1ccc(O)c(O)c1. The highest BCUT2D eigenvalue weighted by molar-refractivity contribution is 5.83. The molecular weight excluding hydrogens is 378 g/mol. The Kier molecular flexibility index (Phi) is 8.13. The van der Waals surface area contributed by atoms with Crippen LogP contribution in [0.15, 0.2) is 18.2 Å². The first kappa shape index (κ1) is 22.8. The fraction of sp³-hybridized carbons (Fsp3) is 0.619. The van der Waals surface area contributed by atoms with Crippen molar-refractivity contribution in [2.24, 2.45) is 5.73 Å². The van der Waals surface area contributed by atoms with E-state index in [-0.39, 0.29) is 24.2 Å². The van der Waals surface area contributed by atoms with E-state index in [0.717, 1.165) is 38.5 Å². The summed E-state index contributed by atoms with van der Waals surface area (Å²) in [4.78, 5) is 25.1. The highest BCUT2D eigenvalue weighted by atomic mass is 16.7. The molecule has 0 amide bonds. The van der Waals surface area contributed by atoms with Crippen LogP contribution >= 0.6 is 0 Å². The van der Waals surface area contributed by atoms with Crippen LogP contribution in [0.4, 0.5) is 4.79 Å². The Bertz CT molecular complexity index is 700. The minimum absolute atomic E-state index is 0.117. The van der Waals surface area contributed by atoms with Crippen molar-refractivity contribution in [3.05, 3.63) is 23.8 Å². The summed E-state index contributed by atoms with van der Waals surface area (Å²) in [6.45, 7) is 3.51. The molecule has 4 N–H and O–H groups in total. The van der Waals surface area contributed by atoms with Gasteiger partial charge >= 0.3 is 12.1 Å². The van der Waals surface area contributed by atoms with Crippen molar-refractivity contribution in [3.8, 4) is 11.5 Å². The molecule has 1 aromatic carbocycles. The molecule has 1 aliphatic rings. The van der Waals surface area contributed by atoms with Crippen molar-refractivity contribution in [1.29, 1.82) is 0 Å². The van der Waals surface area contributed by atoms with Gasteiger partial charge in [-0.15, -0.1) is 0 Å². The molecule has 2 rings (SSSR count). The lowest BCUT2D eigenvalue weighted by Gasteiger charge is -2.32. The molecule has 0 bridgehead atoms. The first-order chi connectivity index (χ1) is 13.8. The fourth-order valence-electron chi connectivity index (χ4n) is 3.33. The molecule has 0 aliphatic heterocycles. The van der Waals surface area contributed by atoms with Gasteiger partial charge in [-0.1, -0.05) is 32.8 Å². The van der Waals surface area contributed by atoms with E-state index >= 15 is 0 Å². The van der Waals surface area contributed by atoms with Crippen LogP contribution in [-0.4, -0.2) is 40.8 Å². The number of ether oxygens (including phenoxy) is 3. The molecule has 8 heteroatoms. The van der Waals surface area contributed by atoms with Crippen LogP contribution in [0.3, 0.4) is 0 Å². The molecular formula is C21H31NO7. The number of hydrogen-bond donors (Lipinski definition) is 3. The van der Waals surface area contributed by atoms with E-state index in [1.54, 1.807) is 6.92 Å². The van der Waals surface area contributed by atoms with Crippen molar-refractivity contribution in [2.75, 3.05) is 6.61 Å². The Morgan fingerprint density at radius 3 is 2.41 bits per heavy atom. The zero-order chi connectivity index (χ0) is 21.4. The number of aromatic hydroxyl groups is 2. The molecule has 0 saturated heterocycles. The average molecular weight is 409 g/mol. The number of carbonyl (C=O) groups excluding carboxylic acids is 2. The van der Waals surface area contributed by atoms with Crippen LogP contribution < -0.4 is 5.73 Å². The summed E-state index contributed by atoms with van der Waals surface area (Å²) in [5.41, 5.74) is 4.48. The third kappa shape index (κ3) is 6.00. The van der Waals surface area contributed by atoms with Crippen molar-refractivity contribution in [1.82, 2.24) is 0 Å². The summed E-state index contributed by atoms with van der Waals surface area (Å²) in [5.74, 6) is -2.47. The number of hydrogen-bond acceptors (Lipinski definition) is 8. The molecule has 1 aliphatic carbocycles. The van der Waals surface area contributed by atoms with Gasteiger partial charge in [-0.05, 0) is 49.8 Å². The van der Waals surface area contributed by atoms with Crippen LogP contribution in [0, 0.1) is 0 Å². The largest absolute Gasteiger partial charge is 0.510 e. The second-order valence-electron chi connectivity index (χ2n) is 7.48. The van der Waals surface area contributed by atoms with Gasteiger partial charge in [-0.3, -0.25) is 5.73 Å². The number of benzene rings is 1. The minimum Gasteiger partial charge on any atom is -0.504 e. The number of nitrogens with two attached hydrogens (primary N) is 1. The Morgan fingerprint density at radius 1 is 1.17 bits per heavy atom. The second-order valence-corrected chi connectivity index (χ2v) is 7.48. The van der Waals surface area contributed by atoms with Gasteiger partial charge < -0.3 is 24.4 Å². The summed E-state index contributed by atoms with van der Waals surface area (Å²) in [5, 5.41) is 19.3. The van der Waals surface area contributed by atoms with E-state index in [1.165, 1.54) is 18.2 Å². The smallest absolute Gasteiger partial charge is 0.504 e. The standard InChI is InChI=1S/C21H31NO7/c1-3-12-27-19(25)21(22,14(2)15-10-11-17(23)18(24)13-15)29-20(26)28-16-8-6-4-5-7-9-16/h10-11,13-14,16,23-24H,3-9,12,22H2,1-2H3/t14?,21-/m0/s1. The average Bonchev–Trinajstić information content (AvgIpc) is 2.95. The van der Waals surface area contributed by atoms with Gasteiger partial charge in [-0.2, -0.15) is 0 Å². The number of phenolic OH excluding ortho intramolecular Hbond substituents is 2. The third-order valence-electron chi connectivity index (χ3n) is 5.22. The van der Waals surface area contributed by atoms with Crippen molar-refractivity contribution < 1.29 is 34.0 Å². The number of esters is 1. The van der Waals surface area contributed by atoms with E-state index in [1.807, 2.05) is 6.92 Å². The van der Waals surface area contributed by atoms with Gasteiger partial charge in [-0.25, -0.2) is 9.59 Å². The predicted octanol–water partition coefficient (Wildman–Crippen LogP) is 3.69. The number of rotatable bonds is 7. The summed E-state index contributed by atoms with van der Waals surface area (Å²) >= 11 is 0. The first-order valence-electron chi connectivity index (χ1n) is 10.2. The molecule has 0 spiro atoms. The summed E-state index contributed by atoms with van der Waals surface area (Å²) in [6, 6.07) is 4.01. The molecule has 1 unspecified atom stereocenters. The van der Waals surface area contributed by atoms with E-state index in [2.05, 4.69) is 0 Å². The maximum Gasteiger partial charge on any atom is 0.510 e. The van der Waals surface area contributed by atoms with Gasteiger partial charge in [0.15, 0.2) is 11.5 Å². The molecule has 0 heterocycles. The van der Waals surface area contributed by atoms with E-state index < -0.39 is 23.8 Å². The van der Waals surface area contributed by atoms with Crippen LogP contribution in [0.2, 0.25) is 0 Å². The maximum absolute atomic E-state index is 12.7. The molecule has 0 radical (unpaired) electrons. The van der Waals surface area contributed by atoms with Crippen molar-refractivity contribution in [2.45, 2.75) is 76.5 Å². The van der Waals surface area contributed by atoms with Gasteiger partial charge in [0.1, 0.15) is 6.10 Å². The molecule has 2 atom stereocenters. The molecule has 8 nitrogen and oxygen atoms in total. The van der Waals surface area contributed by atoms with Gasteiger partial charge in [0.2, 0.25) is 0 Å². The predicted molar refractivity (Wildman–Crippen MR) is 105 cm³/mol. The summed E-state index contributed by atoms with van der Waals surface area (Å²) in [7, 11) is 0. The van der Waals surface area contributed by atoms with Gasteiger partial charge in [0.05, 0.1) is 6.61 Å².